The predicted molar refractivity (Wildman–Crippen MR) is 95.2 cm³/mol. The molecule has 0 aromatic rings. The highest BCUT2D eigenvalue weighted by atomic mass is 17.3. The van der Waals surface area contributed by atoms with Gasteiger partial charge in [0.2, 0.25) is 5.79 Å². The Labute approximate surface area is 160 Å². The molecular weight excluding hydrogens is 348 g/mol. The molecule has 4 heterocycles. The summed E-state index contributed by atoms with van der Waals surface area (Å²) in [5.74, 6) is 0.131. The lowest BCUT2D eigenvalue weighted by Crippen LogP contribution is -2.69. The van der Waals surface area contributed by atoms with E-state index in [1.165, 1.54) is 6.42 Å². The standard InChI is InChI=1S/C21H30O6/c1-12-15-7-3-5-13-9-10-20(2)25-19(21(13,15)27-26-20)24-18(12)11-17(23)14-6-4-8-16(14)22/h6,12-13,15,17-19,23H,3-5,7-11H2,1-2H3/t12-,13-,15+,17+,18-,19-,20?,21-/m1/s1. The molecule has 1 spiro atoms. The second-order valence-corrected chi connectivity index (χ2v) is 9.28. The van der Waals surface area contributed by atoms with Crippen LogP contribution in [-0.4, -0.2) is 40.8 Å². The fraction of sp³-hybridized carbons (Fsp3) is 0.857. The maximum atomic E-state index is 12.0. The molecule has 4 saturated heterocycles. The van der Waals surface area contributed by atoms with Crippen LogP contribution in [0.1, 0.15) is 65.2 Å². The van der Waals surface area contributed by atoms with E-state index in [2.05, 4.69) is 6.92 Å². The molecule has 6 aliphatic rings. The minimum Gasteiger partial charge on any atom is -0.388 e. The Morgan fingerprint density at radius 3 is 2.93 bits per heavy atom. The molecule has 8 atom stereocenters. The van der Waals surface area contributed by atoms with E-state index in [9.17, 15) is 9.90 Å². The summed E-state index contributed by atoms with van der Waals surface area (Å²) in [7, 11) is 0. The number of ether oxygens (including phenoxy) is 2. The van der Waals surface area contributed by atoms with E-state index in [0.717, 1.165) is 32.1 Å². The van der Waals surface area contributed by atoms with Gasteiger partial charge in [-0.25, -0.2) is 9.78 Å². The van der Waals surface area contributed by atoms with Crippen molar-refractivity contribution in [1.82, 2.24) is 0 Å². The van der Waals surface area contributed by atoms with Crippen LogP contribution in [0.2, 0.25) is 0 Å². The Kier molecular flexibility index (Phi) is 4.30. The van der Waals surface area contributed by atoms with E-state index in [4.69, 9.17) is 19.2 Å². The lowest BCUT2D eigenvalue weighted by molar-refractivity contribution is -0.569. The Morgan fingerprint density at radius 1 is 1.30 bits per heavy atom. The van der Waals surface area contributed by atoms with E-state index in [-0.39, 0.29) is 23.7 Å². The Balaban J connectivity index is 1.42. The number of allylic oxidation sites excluding steroid dienone is 1. The Bertz CT molecular complexity index is 661. The number of ketones is 1. The van der Waals surface area contributed by atoms with Gasteiger partial charge >= 0.3 is 0 Å². The molecule has 1 unspecified atom stereocenters. The van der Waals surface area contributed by atoms with Gasteiger partial charge in [-0.1, -0.05) is 19.4 Å². The molecule has 0 aromatic carbocycles. The van der Waals surface area contributed by atoms with Crippen LogP contribution in [0.4, 0.5) is 0 Å². The summed E-state index contributed by atoms with van der Waals surface area (Å²) in [6, 6.07) is 0. The van der Waals surface area contributed by atoms with Crippen molar-refractivity contribution >= 4 is 5.78 Å². The third kappa shape index (κ3) is 2.68. The van der Waals surface area contributed by atoms with Crippen molar-refractivity contribution in [1.29, 1.82) is 0 Å². The number of carbonyl (C=O) groups is 1. The van der Waals surface area contributed by atoms with Crippen LogP contribution in [0.3, 0.4) is 0 Å². The summed E-state index contributed by atoms with van der Waals surface area (Å²) < 4.78 is 12.8. The van der Waals surface area contributed by atoms with E-state index < -0.39 is 23.8 Å². The molecule has 150 valence electrons. The zero-order valence-corrected chi connectivity index (χ0v) is 16.2. The van der Waals surface area contributed by atoms with E-state index in [0.29, 0.717) is 24.3 Å². The number of hydrogen-bond acceptors (Lipinski definition) is 6. The molecule has 1 N–H and O–H groups in total. The highest BCUT2D eigenvalue weighted by Gasteiger charge is 2.68. The number of rotatable bonds is 3. The van der Waals surface area contributed by atoms with Crippen molar-refractivity contribution in [3.63, 3.8) is 0 Å². The quantitative estimate of drug-likeness (QED) is 0.761. The van der Waals surface area contributed by atoms with Crippen molar-refractivity contribution in [3.05, 3.63) is 11.6 Å². The topological polar surface area (TPSA) is 74.2 Å². The predicted octanol–water partition coefficient (Wildman–Crippen LogP) is 3.03. The minimum absolute atomic E-state index is 0.0641. The zero-order chi connectivity index (χ0) is 18.8. The number of fused-ring (bicyclic) bond motifs is 2. The number of Topliss-reactive ketones (excluding diaryl/α,β-unsaturated/α-hetero) is 1. The first-order chi connectivity index (χ1) is 12.9. The van der Waals surface area contributed by atoms with Crippen molar-refractivity contribution < 1.29 is 29.1 Å². The molecular formula is C21H30O6. The number of carbonyl (C=O) groups excluding carboxylic acids is 1. The summed E-state index contributed by atoms with van der Waals surface area (Å²) in [6.45, 7) is 4.10. The Hall–Kier alpha value is -0.790. The van der Waals surface area contributed by atoms with Gasteiger partial charge in [-0.15, -0.1) is 0 Å². The lowest BCUT2D eigenvalue weighted by atomic mass is 9.60. The highest BCUT2D eigenvalue weighted by Crippen LogP contribution is 2.59. The van der Waals surface area contributed by atoms with Gasteiger partial charge in [0.25, 0.3) is 0 Å². The second-order valence-electron chi connectivity index (χ2n) is 9.28. The maximum Gasteiger partial charge on any atom is 0.201 e. The van der Waals surface area contributed by atoms with Gasteiger partial charge in [-0.2, -0.15) is 0 Å². The van der Waals surface area contributed by atoms with Crippen molar-refractivity contribution in [2.45, 2.75) is 95.1 Å². The zero-order valence-electron chi connectivity index (χ0n) is 16.2. The molecule has 0 aromatic heterocycles. The fourth-order valence-corrected chi connectivity index (χ4v) is 6.19. The molecule has 0 amide bonds. The van der Waals surface area contributed by atoms with Gasteiger partial charge in [0, 0.05) is 30.8 Å². The first-order valence-corrected chi connectivity index (χ1v) is 10.5. The lowest BCUT2D eigenvalue weighted by Gasteiger charge is -2.59. The molecule has 6 rings (SSSR count). The van der Waals surface area contributed by atoms with Crippen LogP contribution in [0, 0.1) is 17.8 Å². The van der Waals surface area contributed by atoms with Crippen molar-refractivity contribution in [2.75, 3.05) is 0 Å². The van der Waals surface area contributed by atoms with Gasteiger partial charge in [0.15, 0.2) is 17.7 Å². The molecule has 5 fully saturated rings. The first kappa shape index (κ1) is 18.3. The third-order valence-corrected chi connectivity index (χ3v) is 7.71. The van der Waals surface area contributed by atoms with Crippen LogP contribution in [-0.2, 0) is 24.0 Å². The minimum atomic E-state index is -0.772. The number of aliphatic hydroxyl groups is 1. The highest BCUT2D eigenvalue weighted by molar-refractivity contribution is 5.98. The number of hydrogen-bond donors (Lipinski definition) is 1. The maximum absolute atomic E-state index is 12.0. The third-order valence-electron chi connectivity index (χ3n) is 7.71. The summed E-state index contributed by atoms with van der Waals surface area (Å²) in [4.78, 5) is 23.9. The molecule has 1 saturated carbocycles. The van der Waals surface area contributed by atoms with Crippen LogP contribution < -0.4 is 0 Å². The summed E-state index contributed by atoms with van der Waals surface area (Å²) in [5, 5.41) is 10.7. The molecule has 6 nitrogen and oxygen atoms in total. The normalized spacial score (nSPS) is 50.1. The molecule has 0 radical (unpaired) electrons. The molecule has 27 heavy (non-hydrogen) atoms. The first-order valence-electron chi connectivity index (χ1n) is 10.5. The largest absolute Gasteiger partial charge is 0.388 e. The van der Waals surface area contributed by atoms with Gasteiger partial charge in [0.05, 0.1) is 12.2 Å². The monoisotopic (exact) mass is 378 g/mol. The van der Waals surface area contributed by atoms with E-state index >= 15 is 0 Å². The molecule has 4 aliphatic heterocycles. The summed E-state index contributed by atoms with van der Waals surface area (Å²) >= 11 is 0. The van der Waals surface area contributed by atoms with Gasteiger partial charge < -0.3 is 14.6 Å². The number of aliphatic hydroxyl groups excluding tert-OH is 1. The average molecular weight is 378 g/mol. The smallest absolute Gasteiger partial charge is 0.201 e. The molecule has 2 aliphatic carbocycles. The second kappa shape index (κ2) is 6.36. The van der Waals surface area contributed by atoms with Gasteiger partial charge in [-0.3, -0.25) is 4.79 Å². The van der Waals surface area contributed by atoms with Crippen molar-refractivity contribution in [3.8, 4) is 0 Å². The van der Waals surface area contributed by atoms with Gasteiger partial charge in [-0.05, 0) is 44.4 Å². The average Bonchev–Trinajstić information content (AvgIpc) is 2.96. The van der Waals surface area contributed by atoms with E-state index in [1.807, 2.05) is 13.0 Å². The van der Waals surface area contributed by atoms with E-state index in [1.54, 1.807) is 0 Å². The SMILES string of the molecule is C[C@H]1[C@@H](C[C@H](O)C2=CCCC2=O)O[C@@H]2OC3(C)CC[C@H]4CCC[C@@H]1[C@]42OO3. The van der Waals surface area contributed by atoms with Crippen molar-refractivity contribution in [2.24, 2.45) is 17.8 Å². The summed E-state index contributed by atoms with van der Waals surface area (Å²) in [6.07, 6.45) is 7.29. The molecule has 6 heteroatoms. The Morgan fingerprint density at radius 2 is 2.15 bits per heavy atom. The van der Waals surface area contributed by atoms with Crippen LogP contribution in [0.15, 0.2) is 11.6 Å². The molecule has 2 bridgehead atoms. The summed E-state index contributed by atoms with van der Waals surface area (Å²) in [5.41, 5.74) is 0.0138. The van der Waals surface area contributed by atoms with Crippen LogP contribution in [0.25, 0.3) is 0 Å². The van der Waals surface area contributed by atoms with Gasteiger partial charge in [0.1, 0.15) is 0 Å². The van der Waals surface area contributed by atoms with Crippen LogP contribution in [0.5, 0.6) is 0 Å². The fourth-order valence-electron chi connectivity index (χ4n) is 6.19. The van der Waals surface area contributed by atoms with Crippen LogP contribution >= 0.6 is 0 Å².